The number of ether oxygens (including phenoxy) is 3. The molecule has 0 aliphatic carbocycles. The molecule has 4 rings (SSSR count). The first-order chi connectivity index (χ1) is 16.7. The molecule has 0 radical (unpaired) electrons. The third-order valence-electron chi connectivity index (χ3n) is 5.70. The van der Waals surface area contributed by atoms with Crippen molar-refractivity contribution in [3.05, 3.63) is 81.4 Å². The van der Waals surface area contributed by atoms with Gasteiger partial charge in [0.15, 0.2) is 17.6 Å². The van der Waals surface area contributed by atoms with E-state index in [0.29, 0.717) is 45.7 Å². The molecule has 1 heterocycles. The quantitative estimate of drug-likeness (QED) is 0.458. The number of aryl methyl sites for hydroxylation is 3. The Balaban J connectivity index is 1.43. The molecule has 0 unspecified atom stereocenters. The van der Waals surface area contributed by atoms with Gasteiger partial charge in [0.1, 0.15) is 19.0 Å². The molecule has 0 saturated carbocycles. The van der Waals surface area contributed by atoms with Crippen LogP contribution in [-0.2, 0) is 11.2 Å². The number of nitrogens with one attached hydrogen (secondary N) is 1. The molecule has 1 amide bonds. The van der Waals surface area contributed by atoms with Crippen LogP contribution in [0.4, 0.5) is 5.69 Å². The summed E-state index contributed by atoms with van der Waals surface area (Å²) in [6.07, 6.45) is -0.410. The van der Waals surface area contributed by atoms with E-state index in [1.54, 1.807) is 36.4 Å². The monoisotopic (exact) mass is 495 g/mol. The number of fused-ring (bicyclic) bond motifs is 1. The summed E-state index contributed by atoms with van der Waals surface area (Å²) in [5.74, 6) is 0.666. The van der Waals surface area contributed by atoms with Gasteiger partial charge in [-0.1, -0.05) is 23.7 Å². The van der Waals surface area contributed by atoms with Gasteiger partial charge in [0.05, 0.1) is 6.42 Å². The molecule has 0 bridgehead atoms. The first-order valence-electron chi connectivity index (χ1n) is 11.2. The van der Waals surface area contributed by atoms with Crippen LogP contribution in [0.3, 0.4) is 0 Å². The first kappa shape index (κ1) is 24.4. The van der Waals surface area contributed by atoms with E-state index >= 15 is 0 Å². The predicted octanol–water partition coefficient (Wildman–Crippen LogP) is 5.36. The minimum Gasteiger partial charge on any atom is -0.490 e. The zero-order valence-electron chi connectivity index (χ0n) is 19.7. The van der Waals surface area contributed by atoms with Crippen LogP contribution >= 0.6 is 11.6 Å². The summed E-state index contributed by atoms with van der Waals surface area (Å²) >= 11 is 6.04. The molecule has 3 aromatic carbocycles. The van der Waals surface area contributed by atoms with E-state index in [4.69, 9.17) is 30.9 Å². The zero-order valence-corrected chi connectivity index (χ0v) is 20.4. The van der Waals surface area contributed by atoms with Crippen molar-refractivity contribution in [3.63, 3.8) is 0 Å². The molecule has 7 nitrogen and oxygen atoms in total. The molecule has 35 heavy (non-hydrogen) atoms. The highest BCUT2D eigenvalue weighted by Crippen LogP contribution is 2.34. The maximum Gasteiger partial charge on any atom is 0.307 e. The van der Waals surface area contributed by atoms with Crippen LogP contribution in [-0.4, -0.2) is 36.3 Å². The Morgan fingerprint density at radius 2 is 1.77 bits per heavy atom. The van der Waals surface area contributed by atoms with Crippen molar-refractivity contribution in [2.24, 2.45) is 0 Å². The number of carboxylic acid groups (broad SMARTS) is 1. The molecule has 8 heteroatoms. The molecular formula is C27H26ClNO6. The lowest BCUT2D eigenvalue weighted by molar-refractivity contribution is -0.136. The van der Waals surface area contributed by atoms with E-state index in [0.717, 1.165) is 16.7 Å². The Kier molecular flexibility index (Phi) is 7.17. The highest BCUT2D eigenvalue weighted by atomic mass is 35.5. The van der Waals surface area contributed by atoms with Gasteiger partial charge >= 0.3 is 5.97 Å². The topological polar surface area (TPSA) is 94.1 Å². The van der Waals surface area contributed by atoms with Gasteiger partial charge in [-0.15, -0.1) is 0 Å². The fraction of sp³-hybridized carbons (Fsp3) is 0.259. The zero-order chi connectivity index (χ0) is 25.1. The third kappa shape index (κ3) is 5.87. The van der Waals surface area contributed by atoms with Gasteiger partial charge < -0.3 is 24.6 Å². The Hall–Kier alpha value is -3.71. The summed E-state index contributed by atoms with van der Waals surface area (Å²) in [4.78, 5) is 24.1. The number of aliphatic carboxylic acids is 1. The second kappa shape index (κ2) is 10.3. The molecule has 1 aliphatic rings. The van der Waals surface area contributed by atoms with Crippen LogP contribution in [0.25, 0.3) is 0 Å². The predicted molar refractivity (Wildman–Crippen MR) is 133 cm³/mol. The Morgan fingerprint density at radius 3 is 2.49 bits per heavy atom. The van der Waals surface area contributed by atoms with E-state index in [2.05, 4.69) is 5.32 Å². The lowest BCUT2D eigenvalue weighted by atomic mass is 10.0. The molecule has 0 spiro atoms. The maximum absolute atomic E-state index is 13.1. The highest BCUT2D eigenvalue weighted by molar-refractivity contribution is 6.30. The van der Waals surface area contributed by atoms with Crippen molar-refractivity contribution in [2.75, 3.05) is 18.5 Å². The number of rotatable bonds is 7. The highest BCUT2D eigenvalue weighted by Gasteiger charge is 2.22. The van der Waals surface area contributed by atoms with E-state index in [9.17, 15) is 9.59 Å². The van der Waals surface area contributed by atoms with Crippen LogP contribution in [0.15, 0.2) is 48.5 Å². The number of carbonyl (C=O) groups is 2. The number of amides is 1. The van der Waals surface area contributed by atoms with E-state index in [1.807, 2.05) is 32.9 Å². The van der Waals surface area contributed by atoms with Crippen LogP contribution < -0.4 is 19.5 Å². The third-order valence-corrected chi connectivity index (χ3v) is 5.93. The molecule has 0 saturated heterocycles. The van der Waals surface area contributed by atoms with Crippen molar-refractivity contribution < 1.29 is 28.9 Å². The number of hydrogen-bond donors (Lipinski definition) is 2. The van der Waals surface area contributed by atoms with Gasteiger partial charge in [-0.3, -0.25) is 9.59 Å². The lowest BCUT2D eigenvalue weighted by Gasteiger charge is -2.26. The molecule has 1 aliphatic heterocycles. The molecule has 182 valence electrons. The van der Waals surface area contributed by atoms with Gasteiger partial charge in [0.25, 0.3) is 5.91 Å². The number of carbonyl (C=O) groups excluding carboxylic acids is 1. The van der Waals surface area contributed by atoms with E-state index in [1.165, 1.54) is 0 Å². The maximum atomic E-state index is 13.1. The summed E-state index contributed by atoms with van der Waals surface area (Å²) in [6, 6.07) is 14.1. The summed E-state index contributed by atoms with van der Waals surface area (Å²) in [5, 5.41) is 12.5. The van der Waals surface area contributed by atoms with Crippen LogP contribution in [0.5, 0.6) is 17.2 Å². The van der Waals surface area contributed by atoms with Crippen molar-refractivity contribution >= 4 is 29.2 Å². The number of benzene rings is 3. The second-order valence-electron chi connectivity index (χ2n) is 8.56. The summed E-state index contributed by atoms with van der Waals surface area (Å²) in [7, 11) is 0. The van der Waals surface area contributed by atoms with Gasteiger partial charge in [0.2, 0.25) is 0 Å². The average Bonchev–Trinajstić information content (AvgIpc) is 2.78. The van der Waals surface area contributed by atoms with E-state index < -0.39 is 5.97 Å². The summed E-state index contributed by atoms with van der Waals surface area (Å²) < 4.78 is 17.6. The standard InChI is InChI=1S/C27H26ClNO6/c1-15-4-5-18(11-25(30)31)10-22(15)29-27(32)26-16(2)8-20(9-17(26)3)33-13-21-14-34-23-7-6-19(28)12-24(23)35-21/h4-10,12,21H,11,13-14H2,1-3H3,(H,29,32)(H,30,31)/t21-/m1/s1. The van der Waals surface area contributed by atoms with Gasteiger partial charge in [0, 0.05) is 22.3 Å². The van der Waals surface area contributed by atoms with Crippen molar-refractivity contribution in [2.45, 2.75) is 33.3 Å². The average molecular weight is 496 g/mol. The number of anilines is 1. The Labute approximate surface area is 208 Å². The van der Waals surface area contributed by atoms with Crippen LogP contribution in [0.1, 0.15) is 32.6 Å². The van der Waals surface area contributed by atoms with Crippen molar-refractivity contribution in [1.29, 1.82) is 0 Å². The molecular weight excluding hydrogens is 470 g/mol. The SMILES string of the molecule is Cc1ccc(CC(=O)O)cc1NC(=O)c1c(C)cc(OC[C@@H]2COc3ccc(Cl)cc3O2)cc1C. The van der Waals surface area contributed by atoms with E-state index in [-0.39, 0.29) is 25.0 Å². The fourth-order valence-corrected chi connectivity index (χ4v) is 4.16. The summed E-state index contributed by atoms with van der Waals surface area (Å²) in [5.41, 5.74) is 4.11. The number of hydrogen-bond acceptors (Lipinski definition) is 5. The van der Waals surface area contributed by atoms with Gasteiger partial charge in [-0.05, 0) is 73.4 Å². The Morgan fingerprint density at radius 1 is 1.03 bits per heavy atom. The Bertz CT molecular complexity index is 1270. The number of halogens is 1. The first-order valence-corrected chi connectivity index (χ1v) is 11.5. The minimum atomic E-state index is -0.924. The van der Waals surface area contributed by atoms with Gasteiger partial charge in [-0.25, -0.2) is 0 Å². The minimum absolute atomic E-state index is 0.110. The van der Waals surface area contributed by atoms with Crippen LogP contribution in [0, 0.1) is 20.8 Å². The smallest absolute Gasteiger partial charge is 0.307 e. The second-order valence-corrected chi connectivity index (χ2v) is 9.00. The van der Waals surface area contributed by atoms with Crippen LogP contribution in [0.2, 0.25) is 5.02 Å². The number of carboxylic acids is 1. The summed E-state index contributed by atoms with van der Waals surface area (Å²) in [6.45, 7) is 6.18. The van der Waals surface area contributed by atoms with Gasteiger partial charge in [-0.2, -0.15) is 0 Å². The lowest BCUT2D eigenvalue weighted by Crippen LogP contribution is -2.34. The molecule has 3 aromatic rings. The fourth-order valence-electron chi connectivity index (χ4n) is 4.00. The molecule has 2 N–H and O–H groups in total. The molecule has 1 atom stereocenters. The van der Waals surface area contributed by atoms with Crippen molar-refractivity contribution in [1.82, 2.24) is 0 Å². The molecule has 0 fully saturated rings. The molecule has 0 aromatic heterocycles. The van der Waals surface area contributed by atoms with Crippen molar-refractivity contribution in [3.8, 4) is 17.2 Å². The normalized spacial score (nSPS) is 14.3. The largest absolute Gasteiger partial charge is 0.490 e.